The van der Waals surface area contributed by atoms with Crippen LogP contribution in [0.2, 0.25) is 0 Å². The highest BCUT2D eigenvalue weighted by molar-refractivity contribution is 5.78. The molecule has 2 atom stereocenters. The van der Waals surface area contributed by atoms with Crippen molar-refractivity contribution in [2.45, 2.75) is 55.9 Å². The molecule has 304 valence electrons. The number of ether oxygens (including phenoxy) is 2. The van der Waals surface area contributed by atoms with Crippen LogP contribution in [0, 0.1) is 0 Å². The number of rotatable bonds is 17. The summed E-state index contributed by atoms with van der Waals surface area (Å²) in [5.74, 6) is 0.265. The van der Waals surface area contributed by atoms with Crippen molar-refractivity contribution in [2.24, 2.45) is 0 Å². The van der Waals surface area contributed by atoms with Crippen LogP contribution in [0.15, 0.2) is 182 Å². The molecule has 0 spiro atoms. The Bertz CT molecular complexity index is 1940. The summed E-state index contributed by atoms with van der Waals surface area (Å²) in [6.45, 7) is 3.54. The summed E-state index contributed by atoms with van der Waals surface area (Å²) in [5, 5.41) is 6.19. The molecule has 0 radical (unpaired) electrons. The second kappa shape index (κ2) is 21.2. The van der Waals surface area contributed by atoms with Crippen LogP contribution in [0.1, 0.15) is 66.0 Å². The van der Waals surface area contributed by atoms with Gasteiger partial charge in [-0.15, -0.1) is 0 Å². The number of amides is 2. The van der Waals surface area contributed by atoms with Gasteiger partial charge in [-0.2, -0.15) is 0 Å². The fourth-order valence-electron chi connectivity index (χ4n) is 7.94. The minimum absolute atomic E-state index is 0.0538. The smallest absolute Gasteiger partial charge is 0.222 e. The maximum atomic E-state index is 12.0. The van der Waals surface area contributed by atoms with E-state index in [1.807, 2.05) is 135 Å². The van der Waals surface area contributed by atoms with E-state index in [2.05, 4.69) is 83.4 Å². The molecular formula is C52H57N3O4. The lowest BCUT2D eigenvalue weighted by molar-refractivity contribution is -0.129. The van der Waals surface area contributed by atoms with Crippen LogP contribution < -0.4 is 10.6 Å². The molecule has 0 bridgehead atoms. The Hall–Kier alpha value is -5.86. The van der Waals surface area contributed by atoms with Gasteiger partial charge in [0.1, 0.15) is 11.2 Å². The van der Waals surface area contributed by atoms with Crippen molar-refractivity contribution < 1.29 is 19.1 Å². The molecule has 1 aliphatic heterocycles. The van der Waals surface area contributed by atoms with Gasteiger partial charge in [-0.3, -0.25) is 9.59 Å². The minimum atomic E-state index is -0.745. The molecule has 7 heteroatoms. The number of nitrogens with zero attached hydrogens (tertiary/aromatic N) is 1. The fourth-order valence-corrected chi connectivity index (χ4v) is 7.94. The largest absolute Gasteiger partial charge is 0.359 e. The second-order valence-electron chi connectivity index (χ2n) is 14.9. The van der Waals surface area contributed by atoms with Gasteiger partial charge in [-0.05, 0) is 60.2 Å². The third-order valence-electron chi connectivity index (χ3n) is 11.2. The number of benzene rings is 6. The topological polar surface area (TPSA) is 79.9 Å². The summed E-state index contributed by atoms with van der Waals surface area (Å²) in [6.07, 6.45) is 2.61. The zero-order chi connectivity index (χ0) is 41.3. The maximum Gasteiger partial charge on any atom is 0.222 e. The van der Waals surface area contributed by atoms with Crippen LogP contribution in [-0.4, -0.2) is 62.7 Å². The third kappa shape index (κ3) is 10.2. The molecule has 2 amide bonds. The van der Waals surface area contributed by atoms with Crippen molar-refractivity contribution in [3.05, 3.63) is 215 Å². The summed E-state index contributed by atoms with van der Waals surface area (Å²) in [7, 11) is 3.79. The monoisotopic (exact) mass is 787 g/mol. The standard InChI is InChI=1S/C27H32N2O2.C25H25NO2/c1-3-29-26(30)20-19-25(28-2)21-31-27(22-13-7-4-8-14-22,23-15-9-5-10-16-23)24-17-11-6-12-18-24;1-26-23(17-18-24(26)27)19-28-25(20-11-5-2-6-12-20,21-13-7-3-8-14-21)22-15-9-4-10-16-22/h4-18,25,28H,3,19-21H2,1-2H3,(H,29,30);2-16,23H,17-19H2,1H3/t25-;23-/m00/s1. The summed E-state index contributed by atoms with van der Waals surface area (Å²) in [6, 6.07) is 62.2. The second-order valence-corrected chi connectivity index (χ2v) is 14.9. The van der Waals surface area contributed by atoms with Crippen molar-refractivity contribution in [1.82, 2.24) is 15.5 Å². The van der Waals surface area contributed by atoms with E-state index in [1.54, 1.807) is 0 Å². The summed E-state index contributed by atoms with van der Waals surface area (Å²) < 4.78 is 13.6. The molecule has 0 aliphatic carbocycles. The predicted molar refractivity (Wildman–Crippen MR) is 237 cm³/mol. The normalized spacial score (nSPS) is 14.6. The molecule has 59 heavy (non-hydrogen) atoms. The lowest BCUT2D eigenvalue weighted by Gasteiger charge is -2.37. The van der Waals surface area contributed by atoms with Gasteiger partial charge in [0.25, 0.3) is 0 Å². The van der Waals surface area contributed by atoms with Crippen LogP contribution in [-0.2, 0) is 30.3 Å². The van der Waals surface area contributed by atoms with Crippen LogP contribution in [0.25, 0.3) is 0 Å². The SMILES string of the molecule is CCNC(=O)CC[C@@H](COC(c1ccccc1)(c1ccccc1)c1ccccc1)NC.CN1C(=O)CC[C@H]1COC(c1ccccc1)(c1ccccc1)c1ccccc1. The van der Waals surface area contributed by atoms with E-state index in [0.717, 1.165) is 39.8 Å². The Morgan fingerprint density at radius 2 is 0.983 bits per heavy atom. The predicted octanol–water partition coefficient (Wildman–Crippen LogP) is 9.12. The van der Waals surface area contributed by atoms with Crippen molar-refractivity contribution >= 4 is 11.8 Å². The maximum absolute atomic E-state index is 12.0. The fraction of sp³-hybridized carbons (Fsp3) is 0.269. The molecule has 1 aliphatic rings. The molecule has 1 heterocycles. The number of hydrogen-bond acceptors (Lipinski definition) is 5. The van der Waals surface area contributed by atoms with E-state index >= 15 is 0 Å². The Morgan fingerprint density at radius 3 is 1.29 bits per heavy atom. The lowest BCUT2D eigenvalue weighted by Crippen LogP contribution is -2.39. The van der Waals surface area contributed by atoms with E-state index in [1.165, 1.54) is 0 Å². The van der Waals surface area contributed by atoms with Crippen molar-refractivity contribution in [2.75, 3.05) is 33.9 Å². The summed E-state index contributed by atoms with van der Waals surface area (Å²) in [5.41, 5.74) is 5.00. The highest BCUT2D eigenvalue weighted by Gasteiger charge is 2.40. The average molecular weight is 788 g/mol. The molecule has 7 nitrogen and oxygen atoms in total. The third-order valence-corrected chi connectivity index (χ3v) is 11.2. The summed E-state index contributed by atoms with van der Waals surface area (Å²) >= 11 is 0. The molecule has 6 aromatic carbocycles. The van der Waals surface area contributed by atoms with Crippen LogP contribution >= 0.6 is 0 Å². The van der Waals surface area contributed by atoms with Gasteiger partial charge < -0.3 is 25.0 Å². The molecule has 2 N–H and O–H groups in total. The molecule has 6 aromatic rings. The highest BCUT2D eigenvalue weighted by Crippen LogP contribution is 2.42. The Kier molecular flexibility index (Phi) is 15.4. The summed E-state index contributed by atoms with van der Waals surface area (Å²) in [4.78, 5) is 25.8. The molecule has 0 saturated carbocycles. The van der Waals surface area contributed by atoms with Gasteiger partial charge in [0.2, 0.25) is 11.8 Å². The van der Waals surface area contributed by atoms with Crippen molar-refractivity contribution in [3.63, 3.8) is 0 Å². The highest BCUT2D eigenvalue weighted by atomic mass is 16.5. The number of carbonyl (C=O) groups excluding carboxylic acids is 2. The zero-order valence-electron chi connectivity index (χ0n) is 34.5. The Morgan fingerprint density at radius 1 is 0.627 bits per heavy atom. The first kappa shape index (κ1) is 42.7. The lowest BCUT2D eigenvalue weighted by atomic mass is 9.80. The minimum Gasteiger partial charge on any atom is -0.359 e. The molecule has 0 aromatic heterocycles. The van der Waals surface area contributed by atoms with E-state index in [4.69, 9.17) is 9.47 Å². The number of hydrogen-bond donors (Lipinski definition) is 2. The van der Waals surface area contributed by atoms with Gasteiger partial charge in [0.15, 0.2) is 0 Å². The van der Waals surface area contributed by atoms with E-state index < -0.39 is 11.2 Å². The first-order valence-electron chi connectivity index (χ1n) is 20.7. The van der Waals surface area contributed by atoms with E-state index in [9.17, 15) is 9.59 Å². The number of nitrogens with one attached hydrogen (secondary N) is 2. The van der Waals surface area contributed by atoms with Gasteiger partial charge in [-0.1, -0.05) is 182 Å². The first-order chi connectivity index (χ1) is 28.9. The van der Waals surface area contributed by atoms with Gasteiger partial charge in [0, 0.05) is 32.5 Å². The Labute approximate surface area is 350 Å². The first-order valence-corrected chi connectivity index (χ1v) is 20.7. The van der Waals surface area contributed by atoms with Gasteiger partial charge in [-0.25, -0.2) is 0 Å². The Balaban J connectivity index is 0.000000199. The average Bonchev–Trinajstić information content (AvgIpc) is 3.63. The van der Waals surface area contributed by atoms with Gasteiger partial charge in [0.05, 0.1) is 19.3 Å². The van der Waals surface area contributed by atoms with E-state index in [0.29, 0.717) is 39.0 Å². The van der Waals surface area contributed by atoms with Crippen molar-refractivity contribution in [3.8, 4) is 0 Å². The van der Waals surface area contributed by atoms with Crippen LogP contribution in [0.4, 0.5) is 0 Å². The zero-order valence-corrected chi connectivity index (χ0v) is 34.5. The number of carbonyl (C=O) groups is 2. The van der Waals surface area contributed by atoms with E-state index in [-0.39, 0.29) is 23.9 Å². The van der Waals surface area contributed by atoms with Crippen LogP contribution in [0.3, 0.4) is 0 Å². The molecule has 0 unspecified atom stereocenters. The molecule has 1 saturated heterocycles. The number of likely N-dealkylation sites (N-methyl/N-ethyl adjacent to an activating group) is 2. The quantitative estimate of drug-likeness (QED) is 0.0903. The molecule has 1 fully saturated rings. The molecule has 7 rings (SSSR count). The molecular weight excluding hydrogens is 731 g/mol. The van der Waals surface area contributed by atoms with Crippen LogP contribution in [0.5, 0.6) is 0 Å². The van der Waals surface area contributed by atoms with Gasteiger partial charge >= 0.3 is 0 Å². The number of likely N-dealkylation sites (tertiary alicyclic amines) is 1. The van der Waals surface area contributed by atoms with Crippen molar-refractivity contribution in [1.29, 1.82) is 0 Å².